The molecule has 3 unspecified atom stereocenters. The Morgan fingerprint density at radius 3 is 2.55 bits per heavy atom. The molecule has 0 radical (unpaired) electrons. The molecule has 0 bridgehead atoms. The number of rotatable bonds is 2. The van der Waals surface area contributed by atoms with Crippen LogP contribution < -0.4 is 0 Å². The summed E-state index contributed by atoms with van der Waals surface area (Å²) in [5, 5.41) is 10.1. The van der Waals surface area contributed by atoms with Gasteiger partial charge in [0, 0.05) is 6.54 Å². The molecule has 0 amide bonds. The van der Waals surface area contributed by atoms with Gasteiger partial charge >= 0.3 is 0 Å². The molecular weight excluding hydrogens is 274 g/mol. The zero-order valence-corrected chi connectivity index (χ0v) is 12.5. The maximum absolute atomic E-state index is 12.8. The molecule has 1 aromatic carbocycles. The lowest BCUT2D eigenvalue weighted by Gasteiger charge is -2.38. The second-order valence-corrected chi connectivity index (χ2v) is 7.86. The summed E-state index contributed by atoms with van der Waals surface area (Å²) >= 11 is 0. The quantitative estimate of drug-likeness (QED) is 0.907. The maximum Gasteiger partial charge on any atom is 0.243 e. The Balaban J connectivity index is 1.95. The highest BCUT2D eigenvalue weighted by Crippen LogP contribution is 2.39. The molecule has 4 nitrogen and oxygen atoms in total. The van der Waals surface area contributed by atoms with Gasteiger partial charge in [-0.3, -0.25) is 0 Å². The lowest BCUT2D eigenvalue weighted by Crippen LogP contribution is -2.50. The highest BCUT2D eigenvalue weighted by atomic mass is 32.2. The van der Waals surface area contributed by atoms with E-state index in [1.165, 1.54) is 0 Å². The summed E-state index contributed by atoms with van der Waals surface area (Å²) in [5.41, 5.74) is 1.04. The summed E-state index contributed by atoms with van der Waals surface area (Å²) in [4.78, 5) is 0.336. The summed E-state index contributed by atoms with van der Waals surface area (Å²) < 4.78 is 27.1. The standard InChI is InChI=1S/C15H21NO3S/c1-11-4-7-13(8-5-11)20(18,19)16-10-2-3-12-6-9-14(17)15(12)16/h4-5,7-8,12,14-15,17H,2-3,6,9-10H2,1H3. The summed E-state index contributed by atoms with van der Waals surface area (Å²) in [5.74, 6) is 0.318. The minimum atomic E-state index is -3.49. The summed E-state index contributed by atoms with van der Waals surface area (Å²) in [6.45, 7) is 2.46. The first-order valence-corrected chi connectivity index (χ1v) is 8.71. The van der Waals surface area contributed by atoms with Gasteiger partial charge in [-0.15, -0.1) is 0 Å². The predicted octanol–water partition coefficient (Wildman–Crippen LogP) is 1.92. The van der Waals surface area contributed by atoms with Crippen LogP contribution in [0.15, 0.2) is 29.2 Å². The minimum absolute atomic E-state index is 0.227. The third-order valence-corrected chi connectivity index (χ3v) is 6.54. The van der Waals surface area contributed by atoms with Crippen molar-refractivity contribution in [2.75, 3.05) is 6.54 Å². The van der Waals surface area contributed by atoms with Crippen molar-refractivity contribution in [1.82, 2.24) is 4.31 Å². The Hall–Kier alpha value is -0.910. The summed E-state index contributed by atoms with van der Waals surface area (Å²) in [7, 11) is -3.49. The Labute approximate surface area is 120 Å². The number of piperidine rings is 1. The first-order chi connectivity index (χ1) is 9.50. The van der Waals surface area contributed by atoms with Crippen molar-refractivity contribution >= 4 is 10.0 Å². The molecule has 2 fully saturated rings. The molecule has 0 spiro atoms. The Kier molecular flexibility index (Phi) is 3.60. The molecule has 110 valence electrons. The van der Waals surface area contributed by atoms with Gasteiger partial charge in [-0.2, -0.15) is 4.31 Å². The lowest BCUT2D eigenvalue weighted by molar-refractivity contribution is 0.0773. The third-order valence-electron chi connectivity index (χ3n) is 4.62. The fraction of sp³-hybridized carbons (Fsp3) is 0.600. The van der Waals surface area contributed by atoms with E-state index in [2.05, 4.69) is 0 Å². The normalized spacial score (nSPS) is 31.2. The van der Waals surface area contributed by atoms with Gasteiger partial charge in [-0.05, 0) is 50.7 Å². The van der Waals surface area contributed by atoms with Crippen LogP contribution >= 0.6 is 0 Å². The monoisotopic (exact) mass is 295 g/mol. The maximum atomic E-state index is 12.8. The number of hydrogen-bond donors (Lipinski definition) is 1. The first kappa shape index (κ1) is 14.0. The number of hydrogen-bond acceptors (Lipinski definition) is 3. The van der Waals surface area contributed by atoms with Gasteiger partial charge in [-0.1, -0.05) is 17.7 Å². The molecule has 1 aliphatic carbocycles. The van der Waals surface area contributed by atoms with Crippen LogP contribution in [-0.4, -0.2) is 36.5 Å². The highest BCUT2D eigenvalue weighted by molar-refractivity contribution is 7.89. The van der Waals surface area contributed by atoms with Crippen LogP contribution in [0.3, 0.4) is 0 Å². The highest BCUT2D eigenvalue weighted by Gasteiger charge is 2.46. The SMILES string of the molecule is Cc1ccc(S(=O)(=O)N2CCCC3CCC(O)C32)cc1. The molecule has 0 aromatic heterocycles. The topological polar surface area (TPSA) is 57.6 Å². The van der Waals surface area contributed by atoms with E-state index in [9.17, 15) is 13.5 Å². The number of aliphatic hydroxyl groups excluding tert-OH is 1. The van der Waals surface area contributed by atoms with Crippen LogP contribution in [0.4, 0.5) is 0 Å². The van der Waals surface area contributed by atoms with Crippen LogP contribution in [0.25, 0.3) is 0 Å². The molecule has 1 aromatic rings. The second-order valence-electron chi connectivity index (χ2n) is 5.97. The van der Waals surface area contributed by atoms with E-state index in [-0.39, 0.29) is 6.04 Å². The van der Waals surface area contributed by atoms with Crippen molar-refractivity contribution in [3.63, 3.8) is 0 Å². The molecule has 1 aliphatic heterocycles. The zero-order chi connectivity index (χ0) is 14.3. The van der Waals surface area contributed by atoms with E-state index in [1.54, 1.807) is 16.4 Å². The van der Waals surface area contributed by atoms with Crippen molar-refractivity contribution in [3.8, 4) is 0 Å². The second kappa shape index (κ2) is 5.13. The van der Waals surface area contributed by atoms with Crippen LogP contribution in [0.5, 0.6) is 0 Å². The van der Waals surface area contributed by atoms with Crippen molar-refractivity contribution in [1.29, 1.82) is 0 Å². The zero-order valence-electron chi connectivity index (χ0n) is 11.7. The lowest BCUT2D eigenvalue weighted by atomic mass is 9.93. The largest absolute Gasteiger partial charge is 0.391 e. The van der Waals surface area contributed by atoms with Crippen molar-refractivity contribution in [2.24, 2.45) is 5.92 Å². The number of aryl methyl sites for hydroxylation is 1. The molecule has 5 heteroatoms. The van der Waals surface area contributed by atoms with Crippen LogP contribution in [-0.2, 0) is 10.0 Å². The first-order valence-electron chi connectivity index (χ1n) is 7.27. The Morgan fingerprint density at radius 1 is 1.15 bits per heavy atom. The molecule has 1 saturated carbocycles. The van der Waals surface area contributed by atoms with Gasteiger partial charge in [-0.25, -0.2) is 8.42 Å². The van der Waals surface area contributed by atoms with E-state index < -0.39 is 16.1 Å². The van der Waals surface area contributed by atoms with E-state index in [0.717, 1.165) is 31.2 Å². The molecule has 3 rings (SSSR count). The van der Waals surface area contributed by atoms with E-state index >= 15 is 0 Å². The average molecular weight is 295 g/mol. The molecule has 1 N–H and O–H groups in total. The van der Waals surface area contributed by atoms with E-state index in [1.807, 2.05) is 19.1 Å². The van der Waals surface area contributed by atoms with Gasteiger partial charge in [0.15, 0.2) is 0 Å². The molecule has 3 atom stereocenters. The smallest absolute Gasteiger partial charge is 0.243 e. The van der Waals surface area contributed by atoms with Gasteiger partial charge in [0.05, 0.1) is 17.0 Å². The van der Waals surface area contributed by atoms with Gasteiger partial charge in [0.25, 0.3) is 0 Å². The van der Waals surface area contributed by atoms with E-state index in [4.69, 9.17) is 0 Å². The van der Waals surface area contributed by atoms with Crippen molar-refractivity contribution in [2.45, 2.75) is 49.6 Å². The number of benzene rings is 1. The van der Waals surface area contributed by atoms with Crippen molar-refractivity contribution in [3.05, 3.63) is 29.8 Å². The number of fused-ring (bicyclic) bond motifs is 1. The fourth-order valence-corrected chi connectivity index (χ4v) is 5.32. The van der Waals surface area contributed by atoms with Crippen LogP contribution in [0.2, 0.25) is 0 Å². The van der Waals surface area contributed by atoms with Gasteiger partial charge in [0.1, 0.15) is 0 Å². The summed E-state index contributed by atoms with van der Waals surface area (Å²) in [6, 6.07) is 6.74. The van der Waals surface area contributed by atoms with Gasteiger partial charge < -0.3 is 5.11 Å². The number of sulfonamides is 1. The molecule has 20 heavy (non-hydrogen) atoms. The van der Waals surface area contributed by atoms with E-state index in [0.29, 0.717) is 17.4 Å². The minimum Gasteiger partial charge on any atom is -0.391 e. The third kappa shape index (κ3) is 2.28. The predicted molar refractivity (Wildman–Crippen MR) is 76.8 cm³/mol. The Bertz CT molecular complexity index is 580. The molecule has 2 aliphatic rings. The van der Waals surface area contributed by atoms with Crippen LogP contribution in [0, 0.1) is 12.8 Å². The molecule has 1 heterocycles. The van der Waals surface area contributed by atoms with Crippen molar-refractivity contribution < 1.29 is 13.5 Å². The molecule has 1 saturated heterocycles. The molecular formula is C15H21NO3S. The fourth-order valence-electron chi connectivity index (χ4n) is 3.57. The average Bonchev–Trinajstić information content (AvgIpc) is 2.81. The van der Waals surface area contributed by atoms with Crippen LogP contribution in [0.1, 0.15) is 31.2 Å². The number of nitrogens with zero attached hydrogens (tertiary/aromatic N) is 1. The number of aliphatic hydroxyl groups is 1. The Morgan fingerprint density at radius 2 is 1.85 bits per heavy atom. The summed E-state index contributed by atoms with van der Waals surface area (Å²) in [6.07, 6.45) is 3.06. The van der Waals surface area contributed by atoms with Gasteiger partial charge in [0.2, 0.25) is 10.0 Å².